The van der Waals surface area contributed by atoms with Gasteiger partial charge in [-0.3, -0.25) is 14.5 Å². The molecule has 1 atom stereocenters. The second-order valence-corrected chi connectivity index (χ2v) is 6.65. The third-order valence-corrected chi connectivity index (χ3v) is 5.27. The lowest BCUT2D eigenvalue weighted by Crippen LogP contribution is -2.45. The molecule has 108 valence electrons. The normalized spacial score (nSPS) is 32.1. The van der Waals surface area contributed by atoms with E-state index in [2.05, 4.69) is 11.6 Å². The van der Waals surface area contributed by atoms with Crippen LogP contribution in [0.15, 0.2) is 0 Å². The molecule has 0 bridgehead atoms. The Labute approximate surface area is 119 Å². The predicted molar refractivity (Wildman–Crippen MR) is 78.1 cm³/mol. The van der Waals surface area contributed by atoms with E-state index < -0.39 is 0 Å². The number of carbonyl (C=O) groups is 2. The minimum Gasteiger partial charge on any atom is -0.303 e. The standard InChI is InChI=1S/C14H24N2O2S/c1-3-8-16-13(17)9-12(14(16)18)15-10-4-6-11(19-2)7-5-10/h10-12,15H,3-9H2,1-2H3. The Morgan fingerprint density at radius 2 is 1.95 bits per heavy atom. The van der Waals surface area contributed by atoms with Crippen molar-refractivity contribution >= 4 is 23.6 Å². The van der Waals surface area contributed by atoms with Gasteiger partial charge in [-0.05, 0) is 38.4 Å². The molecular weight excluding hydrogens is 260 g/mol. The first kappa shape index (κ1) is 14.9. The molecule has 0 aromatic rings. The van der Waals surface area contributed by atoms with Gasteiger partial charge in [0.25, 0.3) is 0 Å². The Morgan fingerprint density at radius 3 is 2.53 bits per heavy atom. The van der Waals surface area contributed by atoms with Crippen LogP contribution in [0.1, 0.15) is 45.4 Å². The zero-order valence-corrected chi connectivity index (χ0v) is 12.7. The lowest BCUT2D eigenvalue weighted by Gasteiger charge is -2.29. The number of thioether (sulfide) groups is 1. The van der Waals surface area contributed by atoms with Gasteiger partial charge in [-0.2, -0.15) is 11.8 Å². The van der Waals surface area contributed by atoms with E-state index in [0.717, 1.165) is 24.5 Å². The molecule has 1 aliphatic carbocycles. The minimum atomic E-state index is -0.269. The molecule has 5 heteroatoms. The largest absolute Gasteiger partial charge is 0.303 e. The second kappa shape index (κ2) is 6.75. The number of carbonyl (C=O) groups excluding carboxylic acids is 2. The molecule has 2 aliphatic rings. The average molecular weight is 284 g/mol. The van der Waals surface area contributed by atoms with Crippen LogP contribution in [0.5, 0.6) is 0 Å². The van der Waals surface area contributed by atoms with Crippen LogP contribution >= 0.6 is 11.8 Å². The van der Waals surface area contributed by atoms with Crippen LogP contribution in [-0.4, -0.2) is 46.8 Å². The molecule has 1 unspecified atom stereocenters. The van der Waals surface area contributed by atoms with E-state index in [1.165, 1.54) is 17.7 Å². The summed E-state index contributed by atoms with van der Waals surface area (Å²) in [6.07, 6.45) is 8.03. The molecule has 2 rings (SSSR count). The number of rotatable bonds is 5. The van der Waals surface area contributed by atoms with E-state index in [-0.39, 0.29) is 17.9 Å². The summed E-state index contributed by atoms with van der Waals surface area (Å²) in [5.74, 6) is -0.0269. The van der Waals surface area contributed by atoms with Crippen molar-refractivity contribution in [2.45, 2.75) is 62.8 Å². The average Bonchev–Trinajstić information content (AvgIpc) is 2.68. The molecule has 0 spiro atoms. The fraction of sp³-hybridized carbons (Fsp3) is 0.857. The highest BCUT2D eigenvalue weighted by molar-refractivity contribution is 7.99. The van der Waals surface area contributed by atoms with Crippen molar-refractivity contribution in [3.63, 3.8) is 0 Å². The summed E-state index contributed by atoms with van der Waals surface area (Å²) in [5, 5.41) is 4.18. The van der Waals surface area contributed by atoms with Crippen LogP contribution < -0.4 is 5.32 Å². The van der Waals surface area contributed by atoms with Gasteiger partial charge in [0.05, 0.1) is 12.5 Å². The monoisotopic (exact) mass is 284 g/mol. The molecule has 2 fully saturated rings. The summed E-state index contributed by atoms with van der Waals surface area (Å²) >= 11 is 1.94. The molecule has 0 aromatic carbocycles. The van der Waals surface area contributed by atoms with Gasteiger partial charge in [-0.1, -0.05) is 6.92 Å². The van der Waals surface area contributed by atoms with Crippen LogP contribution in [0, 0.1) is 0 Å². The summed E-state index contributed by atoms with van der Waals surface area (Å²) in [6.45, 7) is 2.56. The van der Waals surface area contributed by atoms with Gasteiger partial charge in [-0.15, -0.1) is 0 Å². The van der Waals surface area contributed by atoms with E-state index >= 15 is 0 Å². The van der Waals surface area contributed by atoms with Crippen molar-refractivity contribution in [3.05, 3.63) is 0 Å². The summed E-state index contributed by atoms with van der Waals surface area (Å²) in [4.78, 5) is 25.3. The van der Waals surface area contributed by atoms with E-state index in [4.69, 9.17) is 0 Å². The van der Waals surface area contributed by atoms with Gasteiger partial charge < -0.3 is 5.32 Å². The minimum absolute atomic E-state index is 0.0119. The van der Waals surface area contributed by atoms with Crippen LogP contribution in [0.4, 0.5) is 0 Å². The fourth-order valence-corrected chi connectivity index (χ4v) is 3.77. The summed E-state index contributed by atoms with van der Waals surface area (Å²) in [5.41, 5.74) is 0. The predicted octanol–water partition coefficient (Wildman–Crippen LogP) is 1.79. The number of nitrogens with zero attached hydrogens (tertiary/aromatic N) is 1. The summed E-state index contributed by atoms with van der Waals surface area (Å²) in [6, 6.07) is 0.140. The number of nitrogens with one attached hydrogen (secondary N) is 1. The van der Waals surface area contributed by atoms with Crippen molar-refractivity contribution in [1.82, 2.24) is 10.2 Å². The molecule has 1 N–H and O–H groups in total. The van der Waals surface area contributed by atoms with Crippen molar-refractivity contribution in [1.29, 1.82) is 0 Å². The maximum Gasteiger partial charge on any atom is 0.246 e. The van der Waals surface area contributed by atoms with Gasteiger partial charge >= 0.3 is 0 Å². The van der Waals surface area contributed by atoms with Crippen molar-refractivity contribution in [2.75, 3.05) is 12.8 Å². The van der Waals surface area contributed by atoms with Crippen molar-refractivity contribution in [2.24, 2.45) is 0 Å². The van der Waals surface area contributed by atoms with Crippen LogP contribution in [0.3, 0.4) is 0 Å². The number of likely N-dealkylation sites (tertiary alicyclic amines) is 1. The SMILES string of the molecule is CCCN1C(=O)CC(NC2CCC(SC)CC2)C1=O. The van der Waals surface area contributed by atoms with Crippen LogP contribution in [-0.2, 0) is 9.59 Å². The number of hydrogen-bond acceptors (Lipinski definition) is 4. The van der Waals surface area contributed by atoms with Crippen molar-refractivity contribution in [3.8, 4) is 0 Å². The molecule has 0 radical (unpaired) electrons. The molecular formula is C14H24N2O2S. The highest BCUT2D eigenvalue weighted by atomic mass is 32.2. The zero-order chi connectivity index (χ0) is 13.8. The molecule has 1 saturated carbocycles. The first-order valence-corrected chi connectivity index (χ1v) is 8.57. The zero-order valence-electron chi connectivity index (χ0n) is 11.9. The third kappa shape index (κ3) is 3.51. The first-order valence-electron chi connectivity index (χ1n) is 7.28. The molecule has 1 saturated heterocycles. The Balaban J connectivity index is 1.84. The highest BCUT2D eigenvalue weighted by Crippen LogP contribution is 2.27. The van der Waals surface area contributed by atoms with Gasteiger partial charge in [0.1, 0.15) is 0 Å². The van der Waals surface area contributed by atoms with E-state index in [9.17, 15) is 9.59 Å². The van der Waals surface area contributed by atoms with E-state index in [0.29, 0.717) is 19.0 Å². The lowest BCUT2D eigenvalue weighted by atomic mass is 9.94. The molecule has 19 heavy (non-hydrogen) atoms. The first-order chi connectivity index (χ1) is 9.15. The second-order valence-electron chi connectivity index (χ2n) is 5.52. The Kier molecular flexibility index (Phi) is 5.28. The number of amides is 2. The smallest absolute Gasteiger partial charge is 0.246 e. The molecule has 2 amide bonds. The molecule has 0 aromatic heterocycles. The molecule has 1 heterocycles. The van der Waals surface area contributed by atoms with Crippen LogP contribution in [0.25, 0.3) is 0 Å². The summed E-state index contributed by atoms with van der Waals surface area (Å²) in [7, 11) is 0. The Bertz CT molecular complexity index is 340. The van der Waals surface area contributed by atoms with Gasteiger partial charge in [0, 0.05) is 17.8 Å². The van der Waals surface area contributed by atoms with Crippen molar-refractivity contribution < 1.29 is 9.59 Å². The van der Waals surface area contributed by atoms with Gasteiger partial charge in [0.2, 0.25) is 11.8 Å². The number of imide groups is 1. The maximum atomic E-state index is 12.1. The molecule has 1 aliphatic heterocycles. The number of hydrogen-bond donors (Lipinski definition) is 1. The van der Waals surface area contributed by atoms with Gasteiger partial charge in [-0.25, -0.2) is 0 Å². The maximum absolute atomic E-state index is 12.1. The summed E-state index contributed by atoms with van der Waals surface area (Å²) < 4.78 is 0. The van der Waals surface area contributed by atoms with Gasteiger partial charge in [0.15, 0.2) is 0 Å². The quantitative estimate of drug-likeness (QED) is 0.782. The van der Waals surface area contributed by atoms with E-state index in [1.807, 2.05) is 18.7 Å². The molecule has 4 nitrogen and oxygen atoms in total. The van der Waals surface area contributed by atoms with Crippen LogP contribution in [0.2, 0.25) is 0 Å². The highest BCUT2D eigenvalue weighted by Gasteiger charge is 2.39. The topological polar surface area (TPSA) is 49.4 Å². The third-order valence-electron chi connectivity index (χ3n) is 4.14. The van der Waals surface area contributed by atoms with E-state index in [1.54, 1.807) is 0 Å². The Hall–Kier alpha value is -0.550. The fourth-order valence-electron chi connectivity index (χ4n) is 3.02. The lowest BCUT2D eigenvalue weighted by molar-refractivity contribution is -0.138. The Morgan fingerprint density at radius 1 is 1.26 bits per heavy atom.